The number of halogens is 2. The van der Waals surface area contributed by atoms with Crippen molar-refractivity contribution in [2.24, 2.45) is 0 Å². The summed E-state index contributed by atoms with van der Waals surface area (Å²) >= 11 is 6.05. The maximum Gasteiger partial charge on any atom is 0.157 e. The molecule has 0 amide bonds. The smallest absolute Gasteiger partial charge is 0.157 e. The molecular weight excluding hydrogens is 255 g/mol. The van der Waals surface area contributed by atoms with Gasteiger partial charge in [-0.25, -0.2) is 9.37 Å². The Hall–Kier alpha value is -2.14. The number of H-pyrrole nitrogens is 1. The second kappa shape index (κ2) is 4.27. The fourth-order valence-corrected chi connectivity index (χ4v) is 1.82. The van der Waals surface area contributed by atoms with E-state index in [9.17, 15) is 4.39 Å². The van der Waals surface area contributed by atoms with Crippen LogP contribution in [0, 0.1) is 5.82 Å². The summed E-state index contributed by atoms with van der Waals surface area (Å²) in [6.45, 7) is 0. The fraction of sp³-hybridized carbons (Fsp3) is 0. The van der Waals surface area contributed by atoms with Crippen molar-refractivity contribution in [3.05, 3.63) is 47.5 Å². The second-order valence-corrected chi connectivity index (χ2v) is 4.12. The van der Waals surface area contributed by atoms with E-state index in [1.165, 1.54) is 12.1 Å². The molecule has 90 valence electrons. The summed E-state index contributed by atoms with van der Waals surface area (Å²) < 4.78 is 12.8. The van der Waals surface area contributed by atoms with Crippen molar-refractivity contribution < 1.29 is 4.39 Å². The lowest BCUT2D eigenvalue weighted by Gasteiger charge is -2.07. The van der Waals surface area contributed by atoms with Gasteiger partial charge in [0.1, 0.15) is 5.82 Å². The van der Waals surface area contributed by atoms with E-state index in [1.807, 2.05) is 6.07 Å². The molecule has 2 heterocycles. The minimum Gasteiger partial charge on any atom is -0.353 e. The largest absolute Gasteiger partial charge is 0.353 e. The standard InChI is InChI=1S/C12H8ClFN4/c13-11-10(5-7-6-15-18-12(7)17-11)16-9-3-1-8(14)2-4-9/h1-6,16H,(H,15,17,18). The number of benzene rings is 1. The number of fused-ring (bicyclic) bond motifs is 1. The maximum atomic E-state index is 12.8. The van der Waals surface area contributed by atoms with Crippen molar-refractivity contribution >= 4 is 34.0 Å². The molecule has 6 heteroatoms. The lowest BCUT2D eigenvalue weighted by molar-refractivity contribution is 0.628. The molecule has 0 saturated heterocycles. The molecule has 2 aromatic heterocycles. The Kier molecular flexibility index (Phi) is 2.60. The van der Waals surface area contributed by atoms with Gasteiger partial charge in [0.2, 0.25) is 0 Å². The number of aromatic amines is 1. The molecule has 0 unspecified atom stereocenters. The minimum absolute atomic E-state index is 0.282. The Morgan fingerprint density at radius 1 is 1.22 bits per heavy atom. The number of hydrogen-bond donors (Lipinski definition) is 2. The van der Waals surface area contributed by atoms with Crippen LogP contribution in [0.25, 0.3) is 11.0 Å². The monoisotopic (exact) mass is 262 g/mol. The molecular formula is C12H8ClFN4. The van der Waals surface area contributed by atoms with E-state index in [0.29, 0.717) is 16.5 Å². The summed E-state index contributed by atoms with van der Waals surface area (Å²) in [6, 6.07) is 7.84. The van der Waals surface area contributed by atoms with Crippen LogP contribution in [0.2, 0.25) is 5.15 Å². The first kappa shape index (κ1) is 11.0. The third-order valence-corrected chi connectivity index (χ3v) is 2.79. The van der Waals surface area contributed by atoms with Gasteiger partial charge in [-0.1, -0.05) is 11.6 Å². The Morgan fingerprint density at radius 2 is 2.00 bits per heavy atom. The van der Waals surface area contributed by atoms with Crippen LogP contribution >= 0.6 is 11.6 Å². The predicted molar refractivity (Wildman–Crippen MR) is 68.6 cm³/mol. The van der Waals surface area contributed by atoms with Crippen LogP contribution in [0.1, 0.15) is 0 Å². The number of hydrogen-bond acceptors (Lipinski definition) is 3. The number of nitrogens with one attached hydrogen (secondary N) is 2. The van der Waals surface area contributed by atoms with Crippen LogP contribution < -0.4 is 5.32 Å². The summed E-state index contributed by atoms with van der Waals surface area (Å²) in [4.78, 5) is 4.16. The topological polar surface area (TPSA) is 53.6 Å². The first-order chi connectivity index (χ1) is 8.72. The quantitative estimate of drug-likeness (QED) is 0.695. The van der Waals surface area contributed by atoms with Crippen LogP contribution in [0.5, 0.6) is 0 Å². The molecule has 3 aromatic rings. The SMILES string of the molecule is Fc1ccc(Nc2cc3cn[nH]c3nc2Cl)cc1. The van der Waals surface area contributed by atoms with E-state index in [0.717, 1.165) is 11.1 Å². The highest BCUT2D eigenvalue weighted by Gasteiger charge is 2.06. The highest BCUT2D eigenvalue weighted by molar-refractivity contribution is 6.32. The van der Waals surface area contributed by atoms with Gasteiger partial charge in [-0.3, -0.25) is 5.10 Å². The predicted octanol–water partition coefficient (Wildman–Crippen LogP) is 3.49. The lowest BCUT2D eigenvalue weighted by atomic mass is 10.3. The highest BCUT2D eigenvalue weighted by atomic mass is 35.5. The van der Waals surface area contributed by atoms with E-state index in [-0.39, 0.29) is 5.82 Å². The molecule has 0 radical (unpaired) electrons. The zero-order valence-corrected chi connectivity index (χ0v) is 9.87. The molecule has 0 aliphatic carbocycles. The van der Waals surface area contributed by atoms with E-state index < -0.39 is 0 Å². The average Bonchev–Trinajstić information content (AvgIpc) is 2.79. The number of nitrogens with zero attached hydrogens (tertiary/aromatic N) is 2. The molecule has 2 N–H and O–H groups in total. The maximum absolute atomic E-state index is 12.8. The fourth-order valence-electron chi connectivity index (χ4n) is 1.63. The van der Waals surface area contributed by atoms with Gasteiger partial charge >= 0.3 is 0 Å². The zero-order chi connectivity index (χ0) is 12.5. The van der Waals surface area contributed by atoms with Crippen molar-refractivity contribution in [2.45, 2.75) is 0 Å². The number of rotatable bonds is 2. The molecule has 0 saturated carbocycles. The van der Waals surface area contributed by atoms with Gasteiger partial charge in [-0.2, -0.15) is 5.10 Å². The summed E-state index contributed by atoms with van der Waals surface area (Å²) in [5, 5.41) is 10.9. The van der Waals surface area contributed by atoms with E-state index in [4.69, 9.17) is 11.6 Å². The van der Waals surface area contributed by atoms with Crippen LogP contribution in [-0.4, -0.2) is 15.2 Å². The van der Waals surface area contributed by atoms with Crippen LogP contribution in [0.15, 0.2) is 36.5 Å². The molecule has 1 aromatic carbocycles. The van der Waals surface area contributed by atoms with E-state index in [2.05, 4.69) is 20.5 Å². The summed E-state index contributed by atoms with van der Waals surface area (Å²) in [6.07, 6.45) is 1.66. The van der Waals surface area contributed by atoms with Gasteiger partial charge in [0.25, 0.3) is 0 Å². The summed E-state index contributed by atoms with van der Waals surface area (Å²) in [5.41, 5.74) is 2.02. The Morgan fingerprint density at radius 3 is 2.78 bits per heavy atom. The number of anilines is 2. The molecule has 18 heavy (non-hydrogen) atoms. The van der Waals surface area contributed by atoms with Crippen LogP contribution in [-0.2, 0) is 0 Å². The van der Waals surface area contributed by atoms with Crippen molar-refractivity contribution in [1.82, 2.24) is 15.2 Å². The third kappa shape index (κ3) is 2.00. The number of pyridine rings is 1. The molecule has 0 spiro atoms. The molecule has 0 bridgehead atoms. The lowest BCUT2D eigenvalue weighted by Crippen LogP contribution is -1.93. The van der Waals surface area contributed by atoms with Gasteiger partial charge in [-0.05, 0) is 30.3 Å². The van der Waals surface area contributed by atoms with Gasteiger partial charge in [0.15, 0.2) is 10.8 Å². The highest BCUT2D eigenvalue weighted by Crippen LogP contribution is 2.26. The Balaban J connectivity index is 1.98. The Bertz CT molecular complexity index is 693. The normalized spacial score (nSPS) is 10.8. The van der Waals surface area contributed by atoms with E-state index in [1.54, 1.807) is 18.3 Å². The minimum atomic E-state index is -0.282. The van der Waals surface area contributed by atoms with Gasteiger partial charge in [0.05, 0.1) is 11.9 Å². The zero-order valence-electron chi connectivity index (χ0n) is 9.11. The number of aromatic nitrogens is 3. The van der Waals surface area contributed by atoms with Gasteiger partial charge < -0.3 is 5.32 Å². The summed E-state index contributed by atoms with van der Waals surface area (Å²) in [7, 11) is 0. The molecule has 3 rings (SSSR count). The molecule has 0 aliphatic rings. The first-order valence-electron chi connectivity index (χ1n) is 5.24. The third-order valence-electron chi connectivity index (χ3n) is 2.50. The molecule has 0 atom stereocenters. The van der Waals surface area contributed by atoms with Crippen molar-refractivity contribution in [3.8, 4) is 0 Å². The molecule has 0 aliphatic heterocycles. The summed E-state index contributed by atoms with van der Waals surface area (Å²) in [5.74, 6) is -0.282. The first-order valence-corrected chi connectivity index (χ1v) is 5.62. The van der Waals surface area contributed by atoms with Crippen LogP contribution in [0.3, 0.4) is 0 Å². The van der Waals surface area contributed by atoms with Crippen molar-refractivity contribution in [2.75, 3.05) is 5.32 Å². The van der Waals surface area contributed by atoms with Crippen molar-refractivity contribution in [1.29, 1.82) is 0 Å². The van der Waals surface area contributed by atoms with Crippen molar-refractivity contribution in [3.63, 3.8) is 0 Å². The van der Waals surface area contributed by atoms with Crippen LogP contribution in [0.4, 0.5) is 15.8 Å². The molecule has 4 nitrogen and oxygen atoms in total. The Labute approximate surface area is 107 Å². The van der Waals surface area contributed by atoms with Gasteiger partial charge in [0, 0.05) is 11.1 Å². The van der Waals surface area contributed by atoms with Gasteiger partial charge in [-0.15, -0.1) is 0 Å². The molecule has 0 fully saturated rings. The second-order valence-electron chi connectivity index (χ2n) is 3.77. The van der Waals surface area contributed by atoms with E-state index >= 15 is 0 Å². The average molecular weight is 263 g/mol.